The molecule has 1 N–H and O–H groups in total. The zero-order valence-corrected chi connectivity index (χ0v) is 8.84. The zero-order valence-electron chi connectivity index (χ0n) is 8.84. The van der Waals surface area contributed by atoms with Crippen molar-refractivity contribution in [1.29, 1.82) is 0 Å². The van der Waals surface area contributed by atoms with Gasteiger partial charge in [-0.15, -0.1) is 0 Å². The lowest BCUT2D eigenvalue weighted by molar-refractivity contribution is -0.184. The summed E-state index contributed by atoms with van der Waals surface area (Å²) >= 11 is 0. The van der Waals surface area contributed by atoms with Crippen LogP contribution in [0.4, 0.5) is 13.2 Å². The number of hydrogen-bond donors (Lipinski definition) is 1. The molecule has 0 aromatic carbocycles. The number of carboxylic acid groups (broad SMARTS) is 1. The molecule has 0 saturated carbocycles. The first kappa shape index (κ1) is 12.8. The molecule has 4 nitrogen and oxygen atoms in total. The summed E-state index contributed by atoms with van der Waals surface area (Å²) in [6.45, 7) is 2.30. The van der Waals surface area contributed by atoms with Crippen LogP contribution in [-0.2, 0) is 9.59 Å². The second kappa shape index (κ2) is 3.64. The molecule has 0 unspecified atom stereocenters. The fourth-order valence-electron chi connectivity index (χ4n) is 1.76. The van der Waals surface area contributed by atoms with Gasteiger partial charge in [-0.1, -0.05) is 6.92 Å². The number of rotatable bonds is 1. The van der Waals surface area contributed by atoms with Crippen LogP contribution in [0.2, 0.25) is 0 Å². The summed E-state index contributed by atoms with van der Waals surface area (Å²) in [6.07, 6.45) is -4.94. The number of likely N-dealkylation sites (tertiary alicyclic amines) is 1. The lowest BCUT2D eigenvalue weighted by atomic mass is 9.81. The van der Waals surface area contributed by atoms with E-state index in [1.807, 2.05) is 0 Å². The number of carbonyl (C=O) groups excluding carboxylic acids is 1. The number of carbonyl (C=O) groups is 2. The molecule has 0 aromatic heterocycles. The highest BCUT2D eigenvalue weighted by molar-refractivity contribution is 5.84. The highest BCUT2D eigenvalue weighted by Crippen LogP contribution is 2.37. The number of amides is 1. The Kier molecular flexibility index (Phi) is 2.91. The summed E-state index contributed by atoms with van der Waals surface area (Å²) in [5.41, 5.74) is -1.30. The molecule has 0 spiro atoms. The fourth-order valence-corrected chi connectivity index (χ4v) is 1.76. The average molecular weight is 239 g/mol. The van der Waals surface area contributed by atoms with Crippen LogP contribution in [0.25, 0.3) is 0 Å². The molecule has 1 fully saturated rings. The molecule has 1 heterocycles. The van der Waals surface area contributed by atoms with Crippen molar-refractivity contribution in [1.82, 2.24) is 4.90 Å². The second-order valence-electron chi connectivity index (χ2n) is 4.31. The molecule has 0 aliphatic carbocycles. The van der Waals surface area contributed by atoms with Crippen molar-refractivity contribution >= 4 is 11.9 Å². The Balaban J connectivity index is 2.86. The van der Waals surface area contributed by atoms with Gasteiger partial charge in [0, 0.05) is 13.1 Å². The van der Waals surface area contributed by atoms with Gasteiger partial charge < -0.3 is 10.0 Å². The molecule has 92 valence electrons. The summed E-state index contributed by atoms with van der Waals surface area (Å²) < 4.78 is 36.4. The standard InChI is InChI=1S/C9H12F3NO3/c1-5-3-13(6(14)9(10,11)12)4-8(5,2)7(15)16/h5H,3-4H2,1-2H3,(H,15,16)/t5-,8-/m1/s1. The summed E-state index contributed by atoms with van der Waals surface area (Å²) in [7, 11) is 0. The molecule has 0 bridgehead atoms. The molecular formula is C9H12F3NO3. The third-order valence-electron chi connectivity index (χ3n) is 3.12. The third kappa shape index (κ3) is 1.98. The van der Waals surface area contributed by atoms with Crippen molar-refractivity contribution in [2.45, 2.75) is 20.0 Å². The minimum atomic E-state index is -4.94. The molecule has 2 atom stereocenters. The summed E-state index contributed by atoms with van der Waals surface area (Å²) in [6, 6.07) is 0. The molecule has 1 aliphatic rings. The Morgan fingerprint density at radius 3 is 2.25 bits per heavy atom. The van der Waals surface area contributed by atoms with E-state index in [1.54, 1.807) is 0 Å². The third-order valence-corrected chi connectivity index (χ3v) is 3.12. The fraction of sp³-hybridized carbons (Fsp3) is 0.778. The van der Waals surface area contributed by atoms with Crippen molar-refractivity contribution in [3.63, 3.8) is 0 Å². The Hall–Kier alpha value is -1.27. The molecule has 1 rings (SSSR count). The van der Waals surface area contributed by atoms with Crippen LogP contribution in [0.5, 0.6) is 0 Å². The maximum absolute atomic E-state index is 12.1. The molecule has 0 aromatic rings. The van der Waals surface area contributed by atoms with Crippen molar-refractivity contribution < 1.29 is 27.9 Å². The number of halogens is 3. The highest BCUT2D eigenvalue weighted by Gasteiger charge is 2.52. The van der Waals surface area contributed by atoms with Gasteiger partial charge in [0.05, 0.1) is 5.41 Å². The van der Waals surface area contributed by atoms with Crippen molar-refractivity contribution in [3.05, 3.63) is 0 Å². The van der Waals surface area contributed by atoms with Gasteiger partial charge in [-0.2, -0.15) is 13.2 Å². The Bertz CT molecular complexity index is 328. The minimum Gasteiger partial charge on any atom is -0.481 e. The van der Waals surface area contributed by atoms with Crippen molar-refractivity contribution in [2.75, 3.05) is 13.1 Å². The van der Waals surface area contributed by atoms with E-state index in [2.05, 4.69) is 0 Å². The second-order valence-corrected chi connectivity index (χ2v) is 4.31. The maximum Gasteiger partial charge on any atom is 0.471 e. The van der Waals surface area contributed by atoms with E-state index in [1.165, 1.54) is 13.8 Å². The van der Waals surface area contributed by atoms with Gasteiger partial charge in [0.2, 0.25) is 0 Å². The maximum atomic E-state index is 12.1. The van der Waals surface area contributed by atoms with E-state index in [0.29, 0.717) is 4.90 Å². The van der Waals surface area contributed by atoms with Crippen LogP contribution in [0, 0.1) is 11.3 Å². The van der Waals surface area contributed by atoms with Crippen LogP contribution in [0.15, 0.2) is 0 Å². The molecule has 0 radical (unpaired) electrons. The van der Waals surface area contributed by atoms with Gasteiger partial charge in [0.1, 0.15) is 0 Å². The number of hydrogen-bond acceptors (Lipinski definition) is 2. The predicted octanol–water partition coefficient (Wildman–Crippen LogP) is 1.12. The van der Waals surface area contributed by atoms with E-state index >= 15 is 0 Å². The average Bonchev–Trinajstić information content (AvgIpc) is 2.41. The van der Waals surface area contributed by atoms with E-state index in [-0.39, 0.29) is 6.54 Å². The summed E-state index contributed by atoms with van der Waals surface area (Å²) in [5.74, 6) is -3.65. The van der Waals surface area contributed by atoms with Gasteiger partial charge in [0.15, 0.2) is 0 Å². The normalized spacial score (nSPS) is 30.6. The van der Waals surface area contributed by atoms with Gasteiger partial charge in [0.25, 0.3) is 0 Å². The summed E-state index contributed by atoms with van der Waals surface area (Å²) in [5, 5.41) is 8.93. The predicted molar refractivity (Wildman–Crippen MR) is 47.5 cm³/mol. The topological polar surface area (TPSA) is 57.6 Å². The number of nitrogens with zero attached hydrogens (tertiary/aromatic N) is 1. The van der Waals surface area contributed by atoms with Crippen LogP contribution >= 0.6 is 0 Å². The molecule has 1 saturated heterocycles. The summed E-state index contributed by atoms with van der Waals surface area (Å²) in [4.78, 5) is 22.4. The van der Waals surface area contributed by atoms with Crippen LogP contribution in [0.1, 0.15) is 13.8 Å². The van der Waals surface area contributed by atoms with E-state index in [0.717, 1.165) is 0 Å². The zero-order chi connectivity index (χ0) is 12.7. The van der Waals surface area contributed by atoms with Crippen molar-refractivity contribution in [3.8, 4) is 0 Å². The lowest BCUT2D eigenvalue weighted by Crippen LogP contribution is -2.41. The monoisotopic (exact) mass is 239 g/mol. The Labute approximate surface area is 90.0 Å². The Morgan fingerprint density at radius 1 is 1.44 bits per heavy atom. The van der Waals surface area contributed by atoms with Gasteiger partial charge in [-0.05, 0) is 12.8 Å². The quantitative estimate of drug-likeness (QED) is 0.745. The highest BCUT2D eigenvalue weighted by atomic mass is 19.4. The lowest BCUT2D eigenvalue weighted by Gasteiger charge is -2.22. The van der Waals surface area contributed by atoms with Crippen LogP contribution < -0.4 is 0 Å². The molecular weight excluding hydrogens is 227 g/mol. The molecule has 16 heavy (non-hydrogen) atoms. The number of aliphatic carboxylic acids is 1. The SMILES string of the molecule is C[C@@H]1CN(C(=O)C(F)(F)F)C[C@@]1(C)C(=O)O. The van der Waals surface area contributed by atoms with Crippen LogP contribution in [-0.4, -0.2) is 41.1 Å². The van der Waals surface area contributed by atoms with E-state index in [9.17, 15) is 22.8 Å². The van der Waals surface area contributed by atoms with Crippen molar-refractivity contribution in [2.24, 2.45) is 11.3 Å². The Morgan fingerprint density at radius 2 is 1.94 bits per heavy atom. The first-order valence-electron chi connectivity index (χ1n) is 4.68. The molecule has 7 heteroatoms. The van der Waals surface area contributed by atoms with Crippen LogP contribution in [0.3, 0.4) is 0 Å². The van der Waals surface area contributed by atoms with Gasteiger partial charge >= 0.3 is 18.1 Å². The van der Waals surface area contributed by atoms with E-state index in [4.69, 9.17) is 5.11 Å². The molecule has 1 amide bonds. The first-order valence-corrected chi connectivity index (χ1v) is 4.68. The molecule has 1 aliphatic heterocycles. The van der Waals surface area contributed by atoms with Gasteiger partial charge in [-0.3, -0.25) is 9.59 Å². The first-order chi connectivity index (χ1) is 7.09. The smallest absolute Gasteiger partial charge is 0.471 e. The van der Waals surface area contributed by atoms with E-state index < -0.39 is 35.9 Å². The van der Waals surface area contributed by atoms with Gasteiger partial charge in [-0.25, -0.2) is 0 Å². The number of alkyl halides is 3. The minimum absolute atomic E-state index is 0.179. The number of carboxylic acids is 1. The largest absolute Gasteiger partial charge is 0.481 e.